The zero-order valence-corrected chi connectivity index (χ0v) is 14.9. The van der Waals surface area contributed by atoms with Gasteiger partial charge < -0.3 is 10.2 Å². The summed E-state index contributed by atoms with van der Waals surface area (Å²) >= 11 is 0. The van der Waals surface area contributed by atoms with Gasteiger partial charge in [0.1, 0.15) is 11.5 Å². The smallest absolute Gasteiger partial charge is 0.177 e. The lowest BCUT2D eigenvalue weighted by Crippen LogP contribution is -2.50. The molecule has 3 rings (SSSR count). The summed E-state index contributed by atoms with van der Waals surface area (Å²) in [5, 5.41) is 19.0. The molecule has 0 spiro atoms. The van der Waals surface area contributed by atoms with Gasteiger partial charge in [-0.3, -0.25) is 14.6 Å². The summed E-state index contributed by atoms with van der Waals surface area (Å²) < 4.78 is 23.1. The first kappa shape index (κ1) is 18.2. The van der Waals surface area contributed by atoms with Gasteiger partial charge in [0.2, 0.25) is 0 Å². The van der Waals surface area contributed by atoms with E-state index in [0.29, 0.717) is 24.7 Å². The topological polar surface area (TPSA) is 98.2 Å². The lowest BCUT2D eigenvalue weighted by molar-refractivity contribution is 0.0834. The van der Waals surface area contributed by atoms with Crippen molar-refractivity contribution in [2.24, 2.45) is 0 Å². The third-order valence-corrected chi connectivity index (χ3v) is 6.65. The second-order valence-corrected chi connectivity index (χ2v) is 9.16. The molecule has 2 heterocycles. The normalized spacial score (nSPS) is 22.7. The van der Waals surface area contributed by atoms with Crippen molar-refractivity contribution in [2.75, 3.05) is 44.2 Å². The summed E-state index contributed by atoms with van der Waals surface area (Å²) in [6.45, 7) is 3.03. The maximum absolute atomic E-state index is 12.3. The third kappa shape index (κ3) is 4.71. The van der Waals surface area contributed by atoms with E-state index < -0.39 is 9.84 Å². The number of rotatable bonds is 4. The van der Waals surface area contributed by atoms with Crippen LogP contribution in [0, 0.1) is 0 Å². The van der Waals surface area contributed by atoms with Crippen molar-refractivity contribution in [1.82, 2.24) is 9.80 Å². The van der Waals surface area contributed by atoms with Crippen LogP contribution in [0.4, 0.5) is 0 Å². The molecule has 2 aliphatic rings. The number of piperidine rings is 1. The van der Waals surface area contributed by atoms with E-state index in [-0.39, 0.29) is 35.3 Å². The minimum absolute atomic E-state index is 0.123. The summed E-state index contributed by atoms with van der Waals surface area (Å²) in [4.78, 5) is 16.7. The van der Waals surface area contributed by atoms with E-state index in [9.17, 15) is 23.4 Å². The number of nitrogens with zero attached hydrogens (tertiary/aromatic N) is 2. The lowest BCUT2D eigenvalue weighted by atomic mass is 10.0. The molecular weight excluding hydrogens is 344 g/mol. The van der Waals surface area contributed by atoms with E-state index in [4.69, 9.17) is 0 Å². The van der Waals surface area contributed by atoms with Crippen LogP contribution in [0.5, 0.6) is 11.5 Å². The van der Waals surface area contributed by atoms with E-state index in [2.05, 4.69) is 9.80 Å². The van der Waals surface area contributed by atoms with Gasteiger partial charge in [-0.2, -0.15) is 0 Å². The molecule has 0 unspecified atom stereocenters. The number of Topliss-reactive ketones (excluding diaryl/α,β-unsaturated/α-hetero) is 1. The molecule has 2 aliphatic heterocycles. The zero-order chi connectivity index (χ0) is 18.0. The first-order valence-corrected chi connectivity index (χ1v) is 10.4. The van der Waals surface area contributed by atoms with E-state index >= 15 is 0 Å². The third-order valence-electron chi connectivity index (χ3n) is 5.04. The highest BCUT2D eigenvalue weighted by molar-refractivity contribution is 7.91. The molecule has 0 atom stereocenters. The molecule has 8 heteroatoms. The minimum atomic E-state index is -2.86. The number of ketones is 1. The number of hydrogen-bond donors (Lipinski definition) is 2. The van der Waals surface area contributed by atoms with E-state index in [0.717, 1.165) is 25.9 Å². The van der Waals surface area contributed by atoms with Gasteiger partial charge in [0.25, 0.3) is 0 Å². The zero-order valence-electron chi connectivity index (χ0n) is 14.1. The molecule has 0 radical (unpaired) electrons. The van der Waals surface area contributed by atoms with Gasteiger partial charge in [-0.15, -0.1) is 0 Å². The molecule has 2 saturated heterocycles. The Bertz CT molecular complexity index is 707. The highest BCUT2D eigenvalue weighted by atomic mass is 32.2. The van der Waals surface area contributed by atoms with Crippen molar-refractivity contribution in [3.8, 4) is 11.5 Å². The molecule has 0 bridgehead atoms. The Balaban J connectivity index is 1.50. The molecule has 1 aromatic rings. The van der Waals surface area contributed by atoms with E-state index in [1.165, 1.54) is 18.2 Å². The van der Waals surface area contributed by atoms with Gasteiger partial charge in [-0.1, -0.05) is 0 Å². The Labute approximate surface area is 147 Å². The van der Waals surface area contributed by atoms with Crippen molar-refractivity contribution >= 4 is 15.6 Å². The van der Waals surface area contributed by atoms with Crippen LogP contribution >= 0.6 is 0 Å². The summed E-state index contributed by atoms with van der Waals surface area (Å²) in [6.07, 6.45) is 1.83. The highest BCUT2D eigenvalue weighted by Gasteiger charge is 2.30. The Morgan fingerprint density at radius 2 is 1.56 bits per heavy atom. The predicted octanol–water partition coefficient (Wildman–Crippen LogP) is 0.475. The first-order valence-electron chi connectivity index (χ1n) is 8.55. The fraction of sp³-hybridized carbons (Fsp3) is 0.588. The van der Waals surface area contributed by atoms with Crippen LogP contribution in [0.25, 0.3) is 0 Å². The van der Waals surface area contributed by atoms with Crippen LogP contribution in [-0.2, 0) is 9.84 Å². The number of carbonyl (C=O) groups excluding carboxylic acids is 1. The Morgan fingerprint density at radius 3 is 2.12 bits per heavy atom. The van der Waals surface area contributed by atoms with Gasteiger partial charge in [-0.05, 0) is 25.0 Å². The maximum Gasteiger partial charge on any atom is 0.177 e. The van der Waals surface area contributed by atoms with Crippen molar-refractivity contribution in [3.63, 3.8) is 0 Å². The van der Waals surface area contributed by atoms with E-state index in [1.54, 1.807) is 0 Å². The number of sulfone groups is 1. The van der Waals surface area contributed by atoms with Gasteiger partial charge >= 0.3 is 0 Å². The summed E-state index contributed by atoms with van der Waals surface area (Å²) in [5.74, 6) is 0.109. The standard InChI is InChI=1S/C17H24N2O5S/c20-15-9-13(10-16(21)11-15)17(22)12-18-3-1-14(2-4-18)19-5-7-25(23,24)8-6-19/h9-11,14,20-21H,1-8,12H2. The van der Waals surface area contributed by atoms with Crippen LogP contribution in [-0.4, -0.2) is 84.5 Å². The Hall–Kier alpha value is -1.64. The van der Waals surface area contributed by atoms with Crippen LogP contribution in [0.15, 0.2) is 18.2 Å². The fourth-order valence-corrected chi connectivity index (χ4v) is 4.81. The van der Waals surface area contributed by atoms with Crippen molar-refractivity contribution in [1.29, 1.82) is 0 Å². The average Bonchev–Trinajstić information content (AvgIpc) is 2.55. The summed E-state index contributed by atoms with van der Waals surface area (Å²) in [6, 6.07) is 4.30. The SMILES string of the molecule is O=C(CN1CCC(N2CCS(=O)(=O)CC2)CC1)c1cc(O)cc(O)c1. The number of carbonyl (C=O) groups is 1. The molecule has 25 heavy (non-hydrogen) atoms. The van der Waals surface area contributed by atoms with Crippen molar-refractivity contribution in [2.45, 2.75) is 18.9 Å². The van der Waals surface area contributed by atoms with E-state index in [1.807, 2.05) is 0 Å². The molecule has 2 N–H and O–H groups in total. The average molecular weight is 368 g/mol. The molecule has 1 aromatic carbocycles. The van der Waals surface area contributed by atoms with Gasteiger partial charge in [0.05, 0.1) is 18.1 Å². The van der Waals surface area contributed by atoms with Crippen molar-refractivity contribution in [3.05, 3.63) is 23.8 Å². The molecule has 138 valence electrons. The molecule has 0 amide bonds. The van der Waals surface area contributed by atoms with Gasteiger partial charge in [0, 0.05) is 43.9 Å². The van der Waals surface area contributed by atoms with Crippen LogP contribution < -0.4 is 0 Å². The first-order chi connectivity index (χ1) is 11.8. The largest absolute Gasteiger partial charge is 0.508 e. The van der Waals surface area contributed by atoms with Crippen LogP contribution in [0.1, 0.15) is 23.2 Å². The Kier molecular flexibility index (Phi) is 5.31. The predicted molar refractivity (Wildman–Crippen MR) is 93.8 cm³/mol. The highest BCUT2D eigenvalue weighted by Crippen LogP contribution is 2.22. The lowest BCUT2D eigenvalue weighted by Gasteiger charge is -2.39. The quantitative estimate of drug-likeness (QED) is 0.746. The molecule has 2 fully saturated rings. The van der Waals surface area contributed by atoms with Gasteiger partial charge in [0.15, 0.2) is 15.6 Å². The molecule has 0 aromatic heterocycles. The van der Waals surface area contributed by atoms with Crippen LogP contribution in [0.3, 0.4) is 0 Å². The minimum Gasteiger partial charge on any atom is -0.508 e. The number of benzene rings is 1. The Morgan fingerprint density at radius 1 is 1.00 bits per heavy atom. The monoisotopic (exact) mass is 368 g/mol. The second kappa shape index (κ2) is 7.31. The maximum atomic E-state index is 12.3. The molecular formula is C17H24N2O5S. The van der Waals surface area contributed by atoms with Crippen LogP contribution in [0.2, 0.25) is 0 Å². The number of phenols is 2. The number of likely N-dealkylation sites (tertiary alicyclic amines) is 1. The number of aromatic hydroxyl groups is 2. The molecule has 0 aliphatic carbocycles. The number of hydrogen-bond acceptors (Lipinski definition) is 7. The second-order valence-electron chi connectivity index (χ2n) is 6.86. The fourth-order valence-electron chi connectivity index (χ4n) is 3.58. The summed E-state index contributed by atoms with van der Waals surface area (Å²) in [7, 11) is -2.86. The van der Waals surface area contributed by atoms with Gasteiger partial charge in [-0.25, -0.2) is 8.42 Å². The molecule has 7 nitrogen and oxygen atoms in total. The summed E-state index contributed by atoms with van der Waals surface area (Å²) in [5.41, 5.74) is 0.306. The molecule has 0 saturated carbocycles. The number of phenolic OH excluding ortho intramolecular Hbond substituents is 2. The van der Waals surface area contributed by atoms with Crippen molar-refractivity contribution < 1.29 is 23.4 Å².